The van der Waals surface area contributed by atoms with Crippen LogP contribution in [-0.4, -0.2) is 36.0 Å². The maximum atomic E-state index is 12.0. The molecule has 1 aromatic rings. The maximum Gasteiger partial charge on any atom is 0.237 e. The molecule has 0 saturated carbocycles. The second-order valence-electron chi connectivity index (χ2n) is 4.97. The lowest BCUT2D eigenvalue weighted by molar-refractivity contribution is -0.125. The summed E-state index contributed by atoms with van der Waals surface area (Å²) in [4.78, 5) is 14.2. The number of rotatable bonds is 4. The molecule has 1 saturated heterocycles. The SMILES string of the molecule is CCNC(=O)[C@@H]1C[C@H](N)CN1Cc1cccc(Cl)c1. The molecular weight excluding hydrogens is 262 g/mol. The quantitative estimate of drug-likeness (QED) is 0.877. The van der Waals surface area contributed by atoms with Gasteiger partial charge in [-0.2, -0.15) is 0 Å². The second-order valence-corrected chi connectivity index (χ2v) is 5.40. The van der Waals surface area contributed by atoms with Gasteiger partial charge in [0.25, 0.3) is 0 Å². The van der Waals surface area contributed by atoms with E-state index in [0.29, 0.717) is 19.5 Å². The molecule has 0 aliphatic carbocycles. The highest BCUT2D eigenvalue weighted by Gasteiger charge is 2.34. The van der Waals surface area contributed by atoms with Gasteiger partial charge in [-0.15, -0.1) is 0 Å². The number of nitrogens with two attached hydrogens (primary N) is 1. The van der Waals surface area contributed by atoms with Gasteiger partial charge in [-0.05, 0) is 31.0 Å². The van der Waals surface area contributed by atoms with E-state index in [2.05, 4.69) is 10.2 Å². The Balaban J connectivity index is 2.06. The summed E-state index contributed by atoms with van der Waals surface area (Å²) in [5.74, 6) is 0.0671. The van der Waals surface area contributed by atoms with Crippen LogP contribution in [0.1, 0.15) is 18.9 Å². The summed E-state index contributed by atoms with van der Waals surface area (Å²) >= 11 is 5.99. The van der Waals surface area contributed by atoms with Gasteiger partial charge in [0.2, 0.25) is 5.91 Å². The number of benzene rings is 1. The molecule has 1 aromatic carbocycles. The molecule has 2 rings (SSSR count). The summed E-state index contributed by atoms with van der Waals surface area (Å²) < 4.78 is 0. The standard InChI is InChI=1S/C14H20ClN3O/c1-2-17-14(19)13-7-12(16)9-18(13)8-10-4-3-5-11(15)6-10/h3-6,12-13H,2,7-9,16H2,1H3,(H,17,19)/t12-,13-/m0/s1. The molecular formula is C14H20ClN3O. The third-order valence-electron chi connectivity index (χ3n) is 3.36. The molecule has 1 fully saturated rings. The maximum absolute atomic E-state index is 12.0. The van der Waals surface area contributed by atoms with E-state index >= 15 is 0 Å². The fourth-order valence-electron chi connectivity index (χ4n) is 2.55. The van der Waals surface area contributed by atoms with E-state index in [9.17, 15) is 4.79 Å². The third kappa shape index (κ3) is 3.69. The van der Waals surface area contributed by atoms with Crippen molar-refractivity contribution in [1.82, 2.24) is 10.2 Å². The number of nitrogens with one attached hydrogen (secondary N) is 1. The smallest absolute Gasteiger partial charge is 0.237 e. The lowest BCUT2D eigenvalue weighted by Gasteiger charge is -2.23. The first-order valence-corrected chi connectivity index (χ1v) is 6.99. The van der Waals surface area contributed by atoms with E-state index in [4.69, 9.17) is 17.3 Å². The molecule has 1 aliphatic heterocycles. The molecule has 0 bridgehead atoms. The van der Waals surface area contributed by atoms with E-state index in [0.717, 1.165) is 17.1 Å². The molecule has 0 radical (unpaired) electrons. The lowest BCUT2D eigenvalue weighted by atomic mass is 10.1. The van der Waals surface area contributed by atoms with Gasteiger partial charge < -0.3 is 11.1 Å². The Morgan fingerprint density at radius 2 is 2.37 bits per heavy atom. The van der Waals surface area contributed by atoms with Gasteiger partial charge in [-0.3, -0.25) is 9.69 Å². The first kappa shape index (κ1) is 14.3. The zero-order valence-corrected chi connectivity index (χ0v) is 11.9. The first-order chi connectivity index (χ1) is 9.10. The van der Waals surface area contributed by atoms with Crippen LogP contribution < -0.4 is 11.1 Å². The van der Waals surface area contributed by atoms with Crippen LogP contribution in [0.2, 0.25) is 5.02 Å². The van der Waals surface area contributed by atoms with E-state index in [1.165, 1.54) is 0 Å². The molecule has 2 atom stereocenters. The van der Waals surface area contributed by atoms with Crippen molar-refractivity contribution in [3.8, 4) is 0 Å². The van der Waals surface area contributed by atoms with Crippen molar-refractivity contribution < 1.29 is 4.79 Å². The summed E-state index contributed by atoms with van der Waals surface area (Å²) in [6.45, 7) is 4.02. The van der Waals surface area contributed by atoms with Crippen LogP contribution in [0.5, 0.6) is 0 Å². The van der Waals surface area contributed by atoms with Crippen LogP contribution in [-0.2, 0) is 11.3 Å². The number of amides is 1. The minimum Gasteiger partial charge on any atom is -0.355 e. The number of hydrogen-bond donors (Lipinski definition) is 2. The summed E-state index contributed by atoms with van der Waals surface area (Å²) in [5, 5.41) is 3.59. The molecule has 5 heteroatoms. The van der Waals surface area contributed by atoms with Crippen LogP contribution in [0.15, 0.2) is 24.3 Å². The van der Waals surface area contributed by atoms with Crippen molar-refractivity contribution in [2.24, 2.45) is 5.73 Å². The molecule has 19 heavy (non-hydrogen) atoms. The van der Waals surface area contributed by atoms with E-state index < -0.39 is 0 Å². The van der Waals surface area contributed by atoms with Crippen molar-refractivity contribution >= 4 is 17.5 Å². The number of likely N-dealkylation sites (N-methyl/N-ethyl adjacent to an activating group) is 1. The topological polar surface area (TPSA) is 58.4 Å². The molecule has 0 spiro atoms. The Morgan fingerprint density at radius 1 is 1.58 bits per heavy atom. The molecule has 0 aromatic heterocycles. The van der Waals surface area contributed by atoms with Gasteiger partial charge in [0.05, 0.1) is 6.04 Å². The van der Waals surface area contributed by atoms with Crippen molar-refractivity contribution in [2.45, 2.75) is 32.0 Å². The highest BCUT2D eigenvalue weighted by atomic mass is 35.5. The monoisotopic (exact) mass is 281 g/mol. The van der Waals surface area contributed by atoms with Gasteiger partial charge in [-0.1, -0.05) is 23.7 Å². The molecule has 4 nitrogen and oxygen atoms in total. The number of likely N-dealkylation sites (tertiary alicyclic amines) is 1. The third-order valence-corrected chi connectivity index (χ3v) is 3.60. The zero-order chi connectivity index (χ0) is 13.8. The minimum absolute atomic E-state index is 0.0618. The fourth-order valence-corrected chi connectivity index (χ4v) is 2.76. The number of carbonyl (C=O) groups is 1. The van der Waals surface area contributed by atoms with Crippen LogP contribution in [0, 0.1) is 0 Å². The van der Waals surface area contributed by atoms with E-state index in [-0.39, 0.29) is 18.0 Å². The summed E-state index contributed by atoms with van der Waals surface area (Å²) in [5.41, 5.74) is 7.09. The van der Waals surface area contributed by atoms with Crippen molar-refractivity contribution in [2.75, 3.05) is 13.1 Å². The van der Waals surface area contributed by atoms with Crippen molar-refractivity contribution in [3.05, 3.63) is 34.9 Å². The number of halogens is 1. The van der Waals surface area contributed by atoms with Gasteiger partial charge >= 0.3 is 0 Å². The Hall–Kier alpha value is -1.10. The Labute approximate surface area is 118 Å². The predicted molar refractivity (Wildman–Crippen MR) is 76.9 cm³/mol. The van der Waals surface area contributed by atoms with Crippen LogP contribution in [0.25, 0.3) is 0 Å². The predicted octanol–water partition coefficient (Wildman–Crippen LogP) is 1.38. The first-order valence-electron chi connectivity index (χ1n) is 6.62. The zero-order valence-electron chi connectivity index (χ0n) is 11.1. The van der Waals surface area contributed by atoms with E-state index in [1.54, 1.807) is 0 Å². The summed E-state index contributed by atoms with van der Waals surface area (Å²) in [6, 6.07) is 7.65. The minimum atomic E-state index is -0.131. The molecule has 1 amide bonds. The molecule has 1 aliphatic rings. The Bertz CT molecular complexity index is 452. The van der Waals surface area contributed by atoms with E-state index in [1.807, 2.05) is 31.2 Å². The normalized spacial score (nSPS) is 23.5. The number of nitrogens with zero attached hydrogens (tertiary/aromatic N) is 1. The summed E-state index contributed by atoms with van der Waals surface area (Å²) in [7, 11) is 0. The number of hydrogen-bond acceptors (Lipinski definition) is 3. The Morgan fingerprint density at radius 3 is 3.05 bits per heavy atom. The molecule has 0 unspecified atom stereocenters. The fraction of sp³-hybridized carbons (Fsp3) is 0.500. The van der Waals surface area contributed by atoms with Gasteiger partial charge in [0.15, 0.2) is 0 Å². The average Bonchev–Trinajstić information content (AvgIpc) is 2.70. The van der Waals surface area contributed by atoms with Crippen molar-refractivity contribution in [1.29, 1.82) is 0 Å². The molecule has 104 valence electrons. The highest BCUT2D eigenvalue weighted by molar-refractivity contribution is 6.30. The average molecular weight is 282 g/mol. The molecule has 1 heterocycles. The number of carbonyl (C=O) groups excluding carboxylic acids is 1. The highest BCUT2D eigenvalue weighted by Crippen LogP contribution is 2.21. The largest absolute Gasteiger partial charge is 0.355 e. The molecule has 3 N–H and O–H groups in total. The Kier molecular flexibility index (Phi) is 4.80. The van der Waals surface area contributed by atoms with Gasteiger partial charge in [0.1, 0.15) is 0 Å². The van der Waals surface area contributed by atoms with Crippen molar-refractivity contribution in [3.63, 3.8) is 0 Å². The van der Waals surface area contributed by atoms with Crippen LogP contribution >= 0.6 is 11.6 Å². The van der Waals surface area contributed by atoms with Gasteiger partial charge in [0, 0.05) is 30.7 Å². The van der Waals surface area contributed by atoms with Crippen LogP contribution in [0.4, 0.5) is 0 Å². The van der Waals surface area contributed by atoms with Crippen LogP contribution in [0.3, 0.4) is 0 Å². The second kappa shape index (κ2) is 6.37. The van der Waals surface area contributed by atoms with Gasteiger partial charge in [-0.25, -0.2) is 0 Å². The lowest BCUT2D eigenvalue weighted by Crippen LogP contribution is -2.42. The summed E-state index contributed by atoms with van der Waals surface area (Å²) in [6.07, 6.45) is 0.715.